The minimum Gasteiger partial charge on any atom is -0.271 e. The van der Waals surface area contributed by atoms with Gasteiger partial charge in [-0.25, -0.2) is 0 Å². The molecule has 2 atom stereocenters. The van der Waals surface area contributed by atoms with Crippen molar-refractivity contribution >= 4 is 0 Å². The van der Waals surface area contributed by atoms with Gasteiger partial charge in [0, 0.05) is 6.04 Å². The van der Waals surface area contributed by atoms with E-state index < -0.39 is 0 Å². The topological polar surface area (TPSA) is 38.0 Å². The molecule has 0 spiro atoms. The largest absolute Gasteiger partial charge is 0.271 e. The summed E-state index contributed by atoms with van der Waals surface area (Å²) in [6.45, 7) is 8.83. The zero-order valence-electron chi connectivity index (χ0n) is 8.46. The molecule has 2 unspecified atom stereocenters. The monoisotopic (exact) mass is 168 g/mol. The summed E-state index contributed by atoms with van der Waals surface area (Å²) in [5.41, 5.74) is 4.29. The molecule has 2 heteroatoms. The standard InChI is InChI=1S/C10H20N2/c1-6(2)5-9-7(3)10(12-11)8(9)4/h5,7-10,12H,11H2,1-4H3. The van der Waals surface area contributed by atoms with E-state index >= 15 is 0 Å². The Kier molecular flexibility index (Phi) is 2.91. The Labute approximate surface area is 75.2 Å². The van der Waals surface area contributed by atoms with Gasteiger partial charge in [0.25, 0.3) is 0 Å². The molecular formula is C10H20N2. The second kappa shape index (κ2) is 3.58. The maximum Gasteiger partial charge on any atom is 0.0273 e. The molecule has 0 radical (unpaired) electrons. The molecule has 1 aliphatic rings. The van der Waals surface area contributed by atoms with Gasteiger partial charge in [-0.1, -0.05) is 25.5 Å². The first kappa shape index (κ1) is 9.75. The minimum absolute atomic E-state index is 0.505. The summed E-state index contributed by atoms with van der Waals surface area (Å²) in [7, 11) is 0. The molecule has 2 nitrogen and oxygen atoms in total. The Morgan fingerprint density at radius 1 is 1.25 bits per heavy atom. The molecule has 0 saturated heterocycles. The first-order valence-corrected chi connectivity index (χ1v) is 4.69. The Morgan fingerprint density at radius 3 is 2.08 bits per heavy atom. The number of rotatable bonds is 2. The number of hydrogen-bond donors (Lipinski definition) is 2. The maximum absolute atomic E-state index is 5.44. The normalized spacial score (nSPS) is 40.4. The van der Waals surface area contributed by atoms with Crippen LogP contribution < -0.4 is 11.3 Å². The van der Waals surface area contributed by atoms with Crippen LogP contribution in [0.2, 0.25) is 0 Å². The Hall–Kier alpha value is -0.340. The molecule has 0 aliphatic heterocycles. The number of nitrogens with two attached hydrogens (primary N) is 1. The lowest BCUT2D eigenvalue weighted by molar-refractivity contribution is 0.0736. The van der Waals surface area contributed by atoms with E-state index in [-0.39, 0.29) is 0 Å². The minimum atomic E-state index is 0.505. The van der Waals surface area contributed by atoms with E-state index in [2.05, 4.69) is 39.2 Å². The third-order valence-corrected chi connectivity index (χ3v) is 3.07. The van der Waals surface area contributed by atoms with E-state index in [1.807, 2.05) is 0 Å². The van der Waals surface area contributed by atoms with Gasteiger partial charge in [0.1, 0.15) is 0 Å². The fourth-order valence-corrected chi connectivity index (χ4v) is 2.28. The molecule has 1 saturated carbocycles. The highest BCUT2D eigenvalue weighted by molar-refractivity contribution is 5.09. The molecule has 70 valence electrons. The summed E-state index contributed by atoms with van der Waals surface area (Å²) in [6.07, 6.45) is 2.36. The van der Waals surface area contributed by atoms with Crippen LogP contribution in [0, 0.1) is 17.8 Å². The molecule has 1 fully saturated rings. The van der Waals surface area contributed by atoms with Crippen molar-refractivity contribution < 1.29 is 0 Å². The summed E-state index contributed by atoms with van der Waals surface area (Å²) < 4.78 is 0. The van der Waals surface area contributed by atoms with Crippen LogP contribution in [0.3, 0.4) is 0 Å². The third-order valence-electron chi connectivity index (χ3n) is 3.07. The van der Waals surface area contributed by atoms with Crippen molar-refractivity contribution in [3.05, 3.63) is 11.6 Å². The predicted octanol–water partition coefficient (Wildman–Crippen LogP) is 1.69. The third kappa shape index (κ3) is 1.54. The average Bonchev–Trinajstić information content (AvgIpc) is 2.01. The molecular weight excluding hydrogens is 148 g/mol. The van der Waals surface area contributed by atoms with E-state index in [9.17, 15) is 0 Å². The van der Waals surface area contributed by atoms with Gasteiger partial charge < -0.3 is 0 Å². The van der Waals surface area contributed by atoms with Crippen molar-refractivity contribution in [2.45, 2.75) is 33.7 Å². The second-order valence-electron chi connectivity index (χ2n) is 4.23. The number of nitrogens with one attached hydrogen (secondary N) is 1. The lowest BCUT2D eigenvalue weighted by atomic mass is 9.62. The molecule has 0 amide bonds. The zero-order valence-corrected chi connectivity index (χ0v) is 8.46. The van der Waals surface area contributed by atoms with Crippen LogP contribution in [-0.2, 0) is 0 Å². The molecule has 0 aromatic rings. The molecule has 0 heterocycles. The highest BCUT2D eigenvalue weighted by Gasteiger charge is 2.42. The molecule has 1 aliphatic carbocycles. The first-order valence-electron chi connectivity index (χ1n) is 4.69. The van der Waals surface area contributed by atoms with Crippen LogP contribution in [0.25, 0.3) is 0 Å². The molecule has 0 bridgehead atoms. The van der Waals surface area contributed by atoms with Gasteiger partial charge >= 0.3 is 0 Å². The van der Waals surface area contributed by atoms with Crippen LogP contribution in [-0.4, -0.2) is 6.04 Å². The van der Waals surface area contributed by atoms with Crippen molar-refractivity contribution in [1.82, 2.24) is 5.43 Å². The van der Waals surface area contributed by atoms with Gasteiger partial charge in [0.2, 0.25) is 0 Å². The van der Waals surface area contributed by atoms with Crippen LogP contribution >= 0.6 is 0 Å². The van der Waals surface area contributed by atoms with Gasteiger partial charge in [-0.15, -0.1) is 0 Å². The van der Waals surface area contributed by atoms with Crippen molar-refractivity contribution in [3.8, 4) is 0 Å². The molecule has 12 heavy (non-hydrogen) atoms. The van der Waals surface area contributed by atoms with Crippen LogP contribution in [0.4, 0.5) is 0 Å². The van der Waals surface area contributed by atoms with Crippen molar-refractivity contribution in [1.29, 1.82) is 0 Å². The maximum atomic E-state index is 5.44. The fraction of sp³-hybridized carbons (Fsp3) is 0.800. The van der Waals surface area contributed by atoms with Crippen LogP contribution in [0.5, 0.6) is 0 Å². The van der Waals surface area contributed by atoms with E-state index in [0.29, 0.717) is 17.9 Å². The summed E-state index contributed by atoms with van der Waals surface area (Å²) in [5, 5.41) is 0. The van der Waals surface area contributed by atoms with Crippen LogP contribution in [0.1, 0.15) is 27.7 Å². The molecule has 3 N–H and O–H groups in total. The summed E-state index contributed by atoms with van der Waals surface area (Å²) in [5.74, 6) is 7.52. The Morgan fingerprint density at radius 2 is 1.75 bits per heavy atom. The smallest absolute Gasteiger partial charge is 0.0273 e. The number of hydrogen-bond acceptors (Lipinski definition) is 2. The zero-order chi connectivity index (χ0) is 9.30. The Bertz CT molecular complexity index is 172. The lowest BCUT2D eigenvalue weighted by Crippen LogP contribution is -2.57. The number of allylic oxidation sites excluding steroid dienone is 2. The van der Waals surface area contributed by atoms with E-state index in [4.69, 9.17) is 5.84 Å². The quantitative estimate of drug-likeness (QED) is 0.374. The first-order chi connectivity index (χ1) is 5.57. The molecule has 1 rings (SSSR count). The Balaban J connectivity index is 2.56. The van der Waals surface area contributed by atoms with Gasteiger partial charge in [-0.3, -0.25) is 11.3 Å². The highest BCUT2D eigenvalue weighted by Crippen LogP contribution is 2.41. The van der Waals surface area contributed by atoms with Gasteiger partial charge in [0.05, 0.1) is 0 Å². The van der Waals surface area contributed by atoms with Gasteiger partial charge in [-0.05, 0) is 31.6 Å². The van der Waals surface area contributed by atoms with Crippen molar-refractivity contribution in [2.24, 2.45) is 23.6 Å². The molecule has 0 aromatic carbocycles. The summed E-state index contributed by atoms with van der Waals surface area (Å²) >= 11 is 0. The fourth-order valence-electron chi connectivity index (χ4n) is 2.28. The average molecular weight is 168 g/mol. The van der Waals surface area contributed by atoms with E-state index in [0.717, 1.165) is 5.92 Å². The van der Waals surface area contributed by atoms with E-state index in [1.54, 1.807) is 0 Å². The predicted molar refractivity (Wildman–Crippen MR) is 52.4 cm³/mol. The number of hydrazine groups is 1. The SMILES string of the molecule is CC(C)=CC1C(C)C(NN)C1C. The molecule has 0 aromatic heterocycles. The summed E-state index contributed by atoms with van der Waals surface area (Å²) in [6, 6.07) is 0.505. The van der Waals surface area contributed by atoms with Crippen molar-refractivity contribution in [3.63, 3.8) is 0 Å². The van der Waals surface area contributed by atoms with E-state index in [1.165, 1.54) is 5.57 Å². The lowest BCUT2D eigenvalue weighted by Gasteiger charge is -2.48. The second-order valence-corrected chi connectivity index (χ2v) is 4.23. The highest BCUT2D eigenvalue weighted by atomic mass is 15.2. The van der Waals surface area contributed by atoms with Gasteiger partial charge in [-0.2, -0.15) is 0 Å². The van der Waals surface area contributed by atoms with Gasteiger partial charge in [0.15, 0.2) is 0 Å². The van der Waals surface area contributed by atoms with Crippen LogP contribution in [0.15, 0.2) is 11.6 Å². The van der Waals surface area contributed by atoms with Crippen molar-refractivity contribution in [2.75, 3.05) is 0 Å². The summed E-state index contributed by atoms with van der Waals surface area (Å²) in [4.78, 5) is 0.